The van der Waals surface area contributed by atoms with Gasteiger partial charge >= 0.3 is 6.09 Å². The number of ether oxygens (including phenoxy) is 1. The zero-order valence-corrected chi connectivity index (χ0v) is 16.5. The highest BCUT2D eigenvalue weighted by Crippen LogP contribution is 2.20. The molecular weight excluding hydrogens is 360 g/mol. The normalized spacial score (nSPS) is 17.2. The molecule has 3 rings (SSSR count). The Kier molecular flexibility index (Phi) is 5.91. The molecular formula is C19H26N6O3. The fourth-order valence-electron chi connectivity index (χ4n) is 3.10. The molecule has 2 aromatic heterocycles. The molecule has 2 amide bonds. The van der Waals surface area contributed by atoms with Gasteiger partial charge in [0.15, 0.2) is 5.82 Å². The Morgan fingerprint density at radius 3 is 2.89 bits per heavy atom. The summed E-state index contributed by atoms with van der Waals surface area (Å²) in [6.07, 6.45) is 5.81. The van der Waals surface area contributed by atoms with Gasteiger partial charge in [0, 0.05) is 31.4 Å². The Labute approximate surface area is 164 Å². The minimum absolute atomic E-state index is 0.0818. The molecule has 0 radical (unpaired) electrons. The van der Waals surface area contributed by atoms with Crippen molar-refractivity contribution in [1.82, 2.24) is 30.0 Å². The fraction of sp³-hybridized carbons (Fsp3) is 0.526. The number of carbonyl (C=O) groups excluding carboxylic acids is 2. The van der Waals surface area contributed by atoms with Crippen LogP contribution in [-0.4, -0.2) is 55.3 Å². The molecule has 9 heteroatoms. The Hall–Kier alpha value is -2.97. The first-order chi connectivity index (χ1) is 13.3. The van der Waals surface area contributed by atoms with E-state index in [-0.39, 0.29) is 17.9 Å². The van der Waals surface area contributed by atoms with Gasteiger partial charge in [-0.05, 0) is 39.7 Å². The van der Waals surface area contributed by atoms with Gasteiger partial charge in [0.1, 0.15) is 18.3 Å². The van der Waals surface area contributed by atoms with E-state index in [2.05, 4.69) is 20.4 Å². The predicted octanol–water partition coefficient (Wildman–Crippen LogP) is 1.93. The number of amides is 2. The zero-order chi connectivity index (χ0) is 20.1. The lowest BCUT2D eigenvalue weighted by Gasteiger charge is -2.33. The highest BCUT2D eigenvalue weighted by atomic mass is 16.6. The fourth-order valence-corrected chi connectivity index (χ4v) is 3.10. The first-order valence-electron chi connectivity index (χ1n) is 9.38. The van der Waals surface area contributed by atoms with Crippen LogP contribution < -0.4 is 5.32 Å². The number of hydrogen-bond donors (Lipinski definition) is 1. The van der Waals surface area contributed by atoms with Gasteiger partial charge in [-0.3, -0.25) is 4.79 Å². The molecule has 0 saturated carbocycles. The first-order valence-corrected chi connectivity index (χ1v) is 9.38. The summed E-state index contributed by atoms with van der Waals surface area (Å²) in [5.74, 6) is 0.286. The number of pyridine rings is 1. The average molecular weight is 386 g/mol. The number of nitrogens with zero attached hydrogens (tertiary/aromatic N) is 5. The van der Waals surface area contributed by atoms with Gasteiger partial charge in [-0.15, -0.1) is 0 Å². The molecule has 9 nitrogen and oxygen atoms in total. The molecule has 1 aliphatic heterocycles. The summed E-state index contributed by atoms with van der Waals surface area (Å²) >= 11 is 0. The maximum Gasteiger partial charge on any atom is 0.410 e. The third-order valence-corrected chi connectivity index (χ3v) is 4.40. The van der Waals surface area contributed by atoms with Crippen molar-refractivity contribution in [3.05, 3.63) is 36.5 Å². The summed E-state index contributed by atoms with van der Waals surface area (Å²) < 4.78 is 6.98. The van der Waals surface area contributed by atoms with E-state index < -0.39 is 5.60 Å². The number of carbonyl (C=O) groups is 2. The smallest absolute Gasteiger partial charge is 0.410 e. The molecule has 1 saturated heterocycles. The number of likely N-dealkylation sites (tertiary alicyclic amines) is 1. The maximum atomic E-state index is 12.7. The molecule has 2 aromatic rings. The molecule has 1 atom stereocenters. The van der Waals surface area contributed by atoms with Crippen LogP contribution in [0.2, 0.25) is 0 Å². The Bertz CT molecular complexity index is 815. The number of piperidine rings is 1. The molecule has 3 heterocycles. The zero-order valence-electron chi connectivity index (χ0n) is 16.5. The van der Waals surface area contributed by atoms with Crippen LogP contribution in [0.5, 0.6) is 0 Å². The van der Waals surface area contributed by atoms with E-state index in [9.17, 15) is 9.59 Å². The van der Waals surface area contributed by atoms with Crippen LogP contribution in [0.25, 0.3) is 5.82 Å². The van der Waals surface area contributed by atoms with Gasteiger partial charge in [-0.1, -0.05) is 6.07 Å². The van der Waals surface area contributed by atoms with Crippen LogP contribution in [0.15, 0.2) is 31.0 Å². The molecule has 1 unspecified atom stereocenters. The third-order valence-electron chi connectivity index (χ3n) is 4.40. The van der Waals surface area contributed by atoms with Crippen LogP contribution in [0, 0.1) is 5.92 Å². The first kappa shape index (κ1) is 19.8. The standard InChI is InChI=1S/C19H26N6O3/c1-19(2,3)28-18(27)24-9-5-7-15(11-24)17(26)22-10-14-6-4-8-21-16(14)25-13-20-12-23-25/h4,6,8,12-13,15H,5,7,9-11H2,1-3H3,(H,22,26). The van der Waals surface area contributed by atoms with E-state index in [0.29, 0.717) is 25.5 Å². The highest BCUT2D eigenvalue weighted by Gasteiger charge is 2.31. The van der Waals surface area contributed by atoms with Crippen LogP contribution in [0.4, 0.5) is 4.79 Å². The quantitative estimate of drug-likeness (QED) is 0.861. The molecule has 1 aliphatic rings. The van der Waals surface area contributed by atoms with Gasteiger partial charge in [0.25, 0.3) is 0 Å². The summed E-state index contributed by atoms with van der Waals surface area (Å²) in [6, 6.07) is 3.70. The maximum absolute atomic E-state index is 12.7. The predicted molar refractivity (Wildman–Crippen MR) is 102 cm³/mol. The molecule has 28 heavy (non-hydrogen) atoms. The largest absolute Gasteiger partial charge is 0.444 e. The van der Waals surface area contributed by atoms with E-state index in [0.717, 1.165) is 18.4 Å². The van der Waals surface area contributed by atoms with Crippen molar-refractivity contribution < 1.29 is 14.3 Å². The lowest BCUT2D eigenvalue weighted by atomic mass is 9.97. The van der Waals surface area contributed by atoms with Gasteiger partial charge in [-0.25, -0.2) is 19.4 Å². The van der Waals surface area contributed by atoms with Crippen LogP contribution >= 0.6 is 0 Å². The van der Waals surface area contributed by atoms with Gasteiger partial charge in [-0.2, -0.15) is 5.10 Å². The summed E-state index contributed by atoms with van der Waals surface area (Å²) in [7, 11) is 0. The second-order valence-corrected chi connectivity index (χ2v) is 7.81. The SMILES string of the molecule is CC(C)(C)OC(=O)N1CCCC(C(=O)NCc2cccnc2-n2cncn2)C1. The molecule has 0 bridgehead atoms. The average Bonchev–Trinajstić information content (AvgIpc) is 3.19. The van der Waals surface area contributed by atoms with Gasteiger partial charge < -0.3 is 15.0 Å². The second kappa shape index (κ2) is 8.37. The topological polar surface area (TPSA) is 102 Å². The summed E-state index contributed by atoms with van der Waals surface area (Å²) in [5, 5.41) is 7.05. The summed E-state index contributed by atoms with van der Waals surface area (Å²) in [5.41, 5.74) is 0.283. The minimum atomic E-state index is -0.551. The van der Waals surface area contributed by atoms with E-state index in [4.69, 9.17) is 4.74 Å². The van der Waals surface area contributed by atoms with Crippen LogP contribution in [-0.2, 0) is 16.1 Å². The van der Waals surface area contributed by atoms with E-state index >= 15 is 0 Å². The molecule has 1 fully saturated rings. The molecule has 1 N–H and O–H groups in total. The van der Waals surface area contributed by atoms with Crippen molar-refractivity contribution in [3.8, 4) is 5.82 Å². The van der Waals surface area contributed by atoms with Crippen molar-refractivity contribution >= 4 is 12.0 Å². The van der Waals surface area contributed by atoms with E-state index in [1.54, 1.807) is 22.1 Å². The highest BCUT2D eigenvalue weighted by molar-refractivity contribution is 5.80. The van der Waals surface area contributed by atoms with Crippen molar-refractivity contribution in [2.45, 2.75) is 45.8 Å². The number of nitrogens with one attached hydrogen (secondary N) is 1. The summed E-state index contributed by atoms with van der Waals surface area (Å²) in [4.78, 5) is 34.8. The van der Waals surface area contributed by atoms with Crippen molar-refractivity contribution in [2.75, 3.05) is 13.1 Å². The lowest BCUT2D eigenvalue weighted by Crippen LogP contribution is -2.46. The Balaban J connectivity index is 1.59. The number of hydrogen-bond acceptors (Lipinski definition) is 6. The van der Waals surface area contributed by atoms with Crippen molar-refractivity contribution in [3.63, 3.8) is 0 Å². The molecule has 0 aliphatic carbocycles. The summed E-state index contributed by atoms with van der Waals surface area (Å²) in [6.45, 7) is 6.80. The molecule has 0 aromatic carbocycles. The van der Waals surface area contributed by atoms with Crippen molar-refractivity contribution in [2.24, 2.45) is 5.92 Å². The van der Waals surface area contributed by atoms with Crippen LogP contribution in [0.3, 0.4) is 0 Å². The van der Waals surface area contributed by atoms with E-state index in [1.807, 2.05) is 32.9 Å². The minimum Gasteiger partial charge on any atom is -0.444 e. The van der Waals surface area contributed by atoms with E-state index in [1.165, 1.54) is 6.33 Å². The monoisotopic (exact) mass is 386 g/mol. The molecule has 150 valence electrons. The number of aromatic nitrogens is 4. The molecule has 0 spiro atoms. The third kappa shape index (κ3) is 5.05. The van der Waals surface area contributed by atoms with Gasteiger partial charge in [0.05, 0.1) is 5.92 Å². The van der Waals surface area contributed by atoms with Crippen molar-refractivity contribution in [1.29, 1.82) is 0 Å². The Morgan fingerprint density at radius 2 is 2.18 bits per heavy atom. The number of rotatable bonds is 4. The van der Waals surface area contributed by atoms with Crippen LogP contribution in [0.1, 0.15) is 39.2 Å². The lowest BCUT2D eigenvalue weighted by molar-refractivity contribution is -0.126. The van der Waals surface area contributed by atoms with Gasteiger partial charge in [0.2, 0.25) is 5.91 Å². The Morgan fingerprint density at radius 1 is 1.36 bits per heavy atom. The second-order valence-electron chi connectivity index (χ2n) is 7.81.